The Morgan fingerprint density at radius 1 is 1.17 bits per heavy atom. The van der Waals surface area contributed by atoms with Gasteiger partial charge in [-0.1, -0.05) is 24.3 Å². The van der Waals surface area contributed by atoms with E-state index in [1.165, 1.54) is 4.70 Å². The monoisotopic (exact) mass is 324 g/mol. The highest BCUT2D eigenvalue weighted by molar-refractivity contribution is 7.19. The summed E-state index contributed by atoms with van der Waals surface area (Å²) in [7, 11) is 2.03. The lowest BCUT2D eigenvalue weighted by Crippen LogP contribution is -2.00. The maximum atomic E-state index is 9.14. The molecule has 0 aliphatic rings. The van der Waals surface area contributed by atoms with Crippen molar-refractivity contribution in [3.63, 3.8) is 0 Å². The first-order valence-corrected chi connectivity index (χ1v) is 8.24. The first kappa shape index (κ1) is 14.3. The van der Waals surface area contributed by atoms with Crippen molar-refractivity contribution in [2.45, 2.75) is 20.0 Å². The molecule has 0 spiro atoms. The Kier molecular flexibility index (Phi) is 3.36. The van der Waals surface area contributed by atoms with E-state index in [2.05, 4.69) is 19.7 Å². The summed E-state index contributed by atoms with van der Waals surface area (Å²) in [6.07, 6.45) is 2.54. The number of aliphatic hydroxyl groups is 1. The van der Waals surface area contributed by atoms with Crippen LogP contribution < -0.4 is 0 Å². The number of nitrogens with zero attached hydrogens (tertiary/aromatic N) is 4. The molecule has 0 fully saturated rings. The van der Waals surface area contributed by atoms with Crippen molar-refractivity contribution in [3.05, 3.63) is 52.3 Å². The van der Waals surface area contributed by atoms with Crippen molar-refractivity contribution in [1.29, 1.82) is 0 Å². The van der Waals surface area contributed by atoms with Crippen LogP contribution in [-0.4, -0.2) is 24.9 Å². The third-order valence-corrected chi connectivity index (χ3v) is 5.08. The Balaban J connectivity index is 1.84. The van der Waals surface area contributed by atoms with E-state index in [9.17, 15) is 0 Å². The third-order valence-electron chi connectivity index (χ3n) is 4.08. The van der Waals surface area contributed by atoms with Gasteiger partial charge in [0.2, 0.25) is 0 Å². The summed E-state index contributed by atoms with van der Waals surface area (Å²) >= 11 is 1.69. The van der Waals surface area contributed by atoms with E-state index in [0.717, 1.165) is 38.4 Å². The zero-order valence-corrected chi connectivity index (χ0v) is 13.8. The third kappa shape index (κ3) is 2.31. The van der Waals surface area contributed by atoms with Crippen molar-refractivity contribution in [2.75, 3.05) is 0 Å². The molecule has 0 saturated heterocycles. The molecular weight excluding hydrogens is 308 g/mol. The molecule has 0 saturated carbocycles. The molecule has 3 heterocycles. The second-order valence-electron chi connectivity index (χ2n) is 5.65. The van der Waals surface area contributed by atoms with Crippen LogP contribution in [-0.2, 0) is 20.1 Å². The van der Waals surface area contributed by atoms with Crippen molar-refractivity contribution in [3.8, 4) is 0 Å². The zero-order chi connectivity index (χ0) is 16.0. The molecule has 4 rings (SSSR count). The summed E-state index contributed by atoms with van der Waals surface area (Å²) in [6, 6.07) is 7.94. The van der Waals surface area contributed by atoms with Gasteiger partial charge in [-0.3, -0.25) is 0 Å². The first-order chi connectivity index (χ1) is 11.2. The minimum absolute atomic E-state index is 0.0643. The molecule has 116 valence electrons. The van der Waals surface area contributed by atoms with Crippen LogP contribution >= 0.6 is 11.3 Å². The van der Waals surface area contributed by atoms with Gasteiger partial charge < -0.3 is 9.67 Å². The number of benzene rings is 1. The normalized spacial score (nSPS) is 11.6. The summed E-state index contributed by atoms with van der Waals surface area (Å²) < 4.78 is 3.28. The average Bonchev–Trinajstić information content (AvgIpc) is 3.07. The first-order valence-electron chi connectivity index (χ1n) is 7.42. The maximum absolute atomic E-state index is 9.14. The number of aryl methyl sites for hydroxylation is 2. The minimum Gasteiger partial charge on any atom is -0.392 e. The van der Waals surface area contributed by atoms with Crippen LogP contribution in [0.1, 0.15) is 21.8 Å². The predicted octanol–water partition coefficient (Wildman–Crippen LogP) is 2.97. The molecule has 0 unspecified atom stereocenters. The number of rotatable bonds is 3. The van der Waals surface area contributed by atoms with Crippen LogP contribution in [0.5, 0.6) is 0 Å². The van der Waals surface area contributed by atoms with Gasteiger partial charge in [-0.2, -0.15) is 10.2 Å². The molecule has 0 bridgehead atoms. The van der Waals surface area contributed by atoms with E-state index in [1.54, 1.807) is 11.3 Å². The summed E-state index contributed by atoms with van der Waals surface area (Å²) in [5, 5.41) is 19.9. The fourth-order valence-corrected chi connectivity index (χ4v) is 3.92. The topological polar surface area (TPSA) is 63.8 Å². The quantitative estimate of drug-likeness (QED) is 0.629. The summed E-state index contributed by atoms with van der Waals surface area (Å²) in [6.45, 7) is 2.09. The van der Waals surface area contributed by atoms with Gasteiger partial charge in [0.25, 0.3) is 0 Å². The van der Waals surface area contributed by atoms with Gasteiger partial charge in [0, 0.05) is 18.9 Å². The lowest BCUT2D eigenvalue weighted by Gasteiger charge is -2.05. The number of hydrogen-bond acceptors (Lipinski definition) is 5. The van der Waals surface area contributed by atoms with Gasteiger partial charge in [-0.25, -0.2) is 4.98 Å². The predicted molar refractivity (Wildman–Crippen MR) is 91.6 cm³/mol. The van der Waals surface area contributed by atoms with Crippen LogP contribution in [0, 0.1) is 6.92 Å². The molecule has 5 nitrogen and oxygen atoms in total. The molecule has 1 aromatic carbocycles. The Morgan fingerprint density at radius 2 is 1.91 bits per heavy atom. The van der Waals surface area contributed by atoms with E-state index in [4.69, 9.17) is 5.11 Å². The van der Waals surface area contributed by atoms with Gasteiger partial charge in [0.1, 0.15) is 0 Å². The van der Waals surface area contributed by atoms with Gasteiger partial charge in [0.05, 0.1) is 33.7 Å². The minimum atomic E-state index is 0.0643. The Morgan fingerprint density at radius 3 is 2.65 bits per heavy atom. The highest BCUT2D eigenvalue weighted by Gasteiger charge is 2.16. The molecule has 4 aromatic rings. The van der Waals surface area contributed by atoms with Crippen LogP contribution in [0.3, 0.4) is 0 Å². The van der Waals surface area contributed by atoms with Crippen LogP contribution in [0.2, 0.25) is 0 Å². The lowest BCUT2D eigenvalue weighted by atomic mass is 10.1. The molecule has 0 atom stereocenters. The molecule has 0 amide bonds. The van der Waals surface area contributed by atoms with Crippen LogP contribution in [0.25, 0.3) is 21.3 Å². The number of fused-ring (bicyclic) bond motifs is 3. The number of aliphatic hydroxyl groups excluding tert-OH is 1. The van der Waals surface area contributed by atoms with E-state index in [1.807, 2.05) is 44.4 Å². The number of aromatic nitrogens is 4. The molecule has 0 aliphatic heterocycles. The molecular formula is C17H16N4OS. The molecule has 1 N–H and O–H groups in total. The number of thiazole rings is 1. The standard InChI is InChI=1S/C17H16N4OS/c1-10-19-17-16(23-10)13-8-18-20-14(15(13)21(17)2)7-11-3-5-12(9-22)6-4-11/h3-6,8,22H,7,9H2,1-2H3. The van der Waals surface area contributed by atoms with Crippen LogP contribution in [0.4, 0.5) is 0 Å². The van der Waals surface area contributed by atoms with Gasteiger partial charge >= 0.3 is 0 Å². The van der Waals surface area contributed by atoms with Gasteiger partial charge in [-0.15, -0.1) is 11.3 Å². The molecule has 0 radical (unpaired) electrons. The lowest BCUT2D eigenvalue weighted by molar-refractivity contribution is 0.282. The largest absolute Gasteiger partial charge is 0.392 e. The summed E-state index contributed by atoms with van der Waals surface area (Å²) in [5.74, 6) is 0. The summed E-state index contributed by atoms with van der Waals surface area (Å²) in [4.78, 5) is 4.62. The zero-order valence-electron chi connectivity index (χ0n) is 12.9. The SMILES string of the molecule is Cc1nc2c(s1)c1cnnc(Cc3ccc(CO)cc3)c1n2C. The Bertz CT molecular complexity index is 1000. The fraction of sp³-hybridized carbons (Fsp3) is 0.235. The van der Waals surface area contributed by atoms with Crippen molar-refractivity contribution in [1.82, 2.24) is 19.7 Å². The van der Waals surface area contributed by atoms with E-state index in [0.29, 0.717) is 6.42 Å². The maximum Gasteiger partial charge on any atom is 0.152 e. The van der Waals surface area contributed by atoms with Crippen LogP contribution in [0.15, 0.2) is 30.5 Å². The van der Waals surface area contributed by atoms with Crippen molar-refractivity contribution >= 4 is 32.6 Å². The Labute approximate surface area is 137 Å². The molecule has 3 aromatic heterocycles. The van der Waals surface area contributed by atoms with E-state index < -0.39 is 0 Å². The highest BCUT2D eigenvalue weighted by atomic mass is 32.1. The molecule has 23 heavy (non-hydrogen) atoms. The Hall–Kier alpha value is -2.31. The van der Waals surface area contributed by atoms with Gasteiger partial charge in [0.15, 0.2) is 5.65 Å². The summed E-state index contributed by atoms with van der Waals surface area (Å²) in [5.41, 5.74) is 5.11. The van der Waals surface area contributed by atoms with E-state index in [-0.39, 0.29) is 6.61 Å². The molecule has 6 heteroatoms. The number of hydrogen-bond donors (Lipinski definition) is 1. The smallest absolute Gasteiger partial charge is 0.152 e. The van der Waals surface area contributed by atoms with Gasteiger partial charge in [-0.05, 0) is 18.1 Å². The van der Waals surface area contributed by atoms with Crippen molar-refractivity contribution in [2.24, 2.45) is 7.05 Å². The highest BCUT2D eigenvalue weighted by Crippen LogP contribution is 2.33. The van der Waals surface area contributed by atoms with E-state index >= 15 is 0 Å². The second-order valence-corrected chi connectivity index (χ2v) is 6.85. The second kappa shape index (κ2) is 5.40. The fourth-order valence-electron chi connectivity index (χ4n) is 2.96. The average molecular weight is 324 g/mol. The molecule has 0 aliphatic carbocycles. The van der Waals surface area contributed by atoms with Crippen molar-refractivity contribution < 1.29 is 5.11 Å².